The van der Waals surface area contributed by atoms with Crippen molar-refractivity contribution < 1.29 is 4.79 Å². The molecule has 1 fully saturated rings. The van der Waals surface area contributed by atoms with E-state index in [0.29, 0.717) is 6.54 Å². The number of hydrogen-bond acceptors (Lipinski definition) is 4. The van der Waals surface area contributed by atoms with Gasteiger partial charge in [0.15, 0.2) is 0 Å². The van der Waals surface area contributed by atoms with E-state index in [1.165, 1.54) is 10.6 Å². The Bertz CT molecular complexity index is 506. The van der Waals surface area contributed by atoms with Crippen LogP contribution in [0.4, 0.5) is 0 Å². The highest BCUT2D eigenvalue weighted by Gasteiger charge is 2.37. The topological polar surface area (TPSA) is 68.0 Å². The molecule has 1 aromatic heterocycles. The van der Waals surface area contributed by atoms with Crippen LogP contribution in [0.25, 0.3) is 0 Å². The molecule has 4 nitrogen and oxygen atoms in total. The maximum absolute atomic E-state index is 12.3. The minimum Gasteiger partial charge on any atom is -0.355 e. The highest BCUT2D eigenvalue weighted by molar-refractivity contribution is 7.11. The molecule has 1 aliphatic rings. The molecule has 1 saturated carbocycles. The molecule has 1 aliphatic carbocycles. The van der Waals surface area contributed by atoms with E-state index in [1.54, 1.807) is 11.3 Å². The molecular weight excluding hydrogens is 353 g/mol. The van der Waals surface area contributed by atoms with Crippen LogP contribution in [0.2, 0.25) is 0 Å². The second kappa shape index (κ2) is 9.82. The van der Waals surface area contributed by atoms with Gasteiger partial charge in [0, 0.05) is 23.4 Å². The first-order chi connectivity index (χ1) is 9.94. The smallest absolute Gasteiger partial charge is 0.224 e. The summed E-state index contributed by atoms with van der Waals surface area (Å²) in [5, 5.41) is 4.17. The first-order valence-corrected chi connectivity index (χ1v) is 8.77. The van der Waals surface area contributed by atoms with E-state index in [9.17, 15) is 4.79 Å². The molecule has 3 N–H and O–H groups in total. The van der Waals surface area contributed by atoms with E-state index in [2.05, 4.69) is 24.1 Å². The van der Waals surface area contributed by atoms with Crippen molar-refractivity contribution in [2.75, 3.05) is 6.54 Å². The minimum atomic E-state index is -0.352. The largest absolute Gasteiger partial charge is 0.355 e. The van der Waals surface area contributed by atoms with Gasteiger partial charge in [0.1, 0.15) is 0 Å². The van der Waals surface area contributed by atoms with Crippen LogP contribution >= 0.6 is 36.2 Å². The molecule has 2 atom stereocenters. The molecule has 1 amide bonds. The van der Waals surface area contributed by atoms with E-state index in [1.807, 2.05) is 6.92 Å². The summed E-state index contributed by atoms with van der Waals surface area (Å²) in [4.78, 5) is 18.2. The van der Waals surface area contributed by atoms with Crippen molar-refractivity contribution in [1.82, 2.24) is 10.3 Å². The average molecular weight is 382 g/mol. The van der Waals surface area contributed by atoms with E-state index in [-0.39, 0.29) is 42.2 Å². The van der Waals surface area contributed by atoms with Crippen LogP contribution in [-0.4, -0.2) is 23.0 Å². The molecule has 2 rings (SSSR count). The van der Waals surface area contributed by atoms with E-state index < -0.39 is 0 Å². The number of hydrogen-bond donors (Lipinski definition) is 2. The Morgan fingerprint density at radius 2 is 2.13 bits per heavy atom. The zero-order valence-electron chi connectivity index (χ0n) is 14.2. The van der Waals surface area contributed by atoms with Gasteiger partial charge in [0.05, 0.1) is 16.6 Å². The van der Waals surface area contributed by atoms with Crippen molar-refractivity contribution in [2.24, 2.45) is 11.7 Å². The van der Waals surface area contributed by atoms with Crippen LogP contribution < -0.4 is 11.1 Å². The molecule has 23 heavy (non-hydrogen) atoms. The van der Waals surface area contributed by atoms with Crippen molar-refractivity contribution in [3.8, 4) is 0 Å². The zero-order chi connectivity index (χ0) is 15.5. The Labute approximate surface area is 155 Å². The fourth-order valence-corrected chi connectivity index (χ4v) is 4.15. The number of aromatic nitrogens is 1. The normalized spacial score (nSPS) is 23.6. The fourth-order valence-electron chi connectivity index (χ4n) is 3.13. The Hall–Kier alpha value is -0.360. The van der Waals surface area contributed by atoms with Gasteiger partial charge < -0.3 is 11.1 Å². The maximum Gasteiger partial charge on any atom is 0.224 e. The molecule has 1 heterocycles. The molecule has 134 valence electrons. The van der Waals surface area contributed by atoms with Gasteiger partial charge >= 0.3 is 0 Å². The highest BCUT2D eigenvalue weighted by atomic mass is 35.5. The summed E-state index contributed by atoms with van der Waals surface area (Å²) >= 11 is 1.74. The molecule has 0 saturated heterocycles. The first-order valence-electron chi connectivity index (χ1n) is 7.96. The predicted molar refractivity (Wildman–Crippen MR) is 102 cm³/mol. The average Bonchev–Trinajstić information content (AvgIpc) is 2.78. The number of carbonyl (C=O) groups is 1. The summed E-state index contributed by atoms with van der Waals surface area (Å²) in [5.41, 5.74) is 7.11. The Morgan fingerprint density at radius 3 is 2.70 bits per heavy atom. The van der Waals surface area contributed by atoms with Crippen LogP contribution in [0, 0.1) is 12.8 Å². The van der Waals surface area contributed by atoms with Gasteiger partial charge in [0.2, 0.25) is 5.91 Å². The van der Waals surface area contributed by atoms with Crippen LogP contribution in [-0.2, 0) is 17.6 Å². The zero-order valence-corrected chi connectivity index (χ0v) is 16.6. The first kappa shape index (κ1) is 22.6. The molecule has 0 aliphatic heterocycles. The van der Waals surface area contributed by atoms with Crippen molar-refractivity contribution in [1.29, 1.82) is 0 Å². The van der Waals surface area contributed by atoms with Crippen LogP contribution in [0.1, 0.15) is 55.1 Å². The Kier molecular flexibility index (Phi) is 9.67. The van der Waals surface area contributed by atoms with Gasteiger partial charge in [-0.05, 0) is 33.1 Å². The van der Waals surface area contributed by atoms with E-state index >= 15 is 0 Å². The third kappa shape index (κ3) is 5.89. The molecule has 0 aromatic carbocycles. The van der Waals surface area contributed by atoms with Crippen molar-refractivity contribution in [3.05, 3.63) is 15.6 Å². The van der Waals surface area contributed by atoms with Crippen LogP contribution in [0.5, 0.6) is 0 Å². The number of nitrogens with one attached hydrogen (secondary N) is 1. The monoisotopic (exact) mass is 381 g/mol. The Morgan fingerprint density at radius 1 is 1.43 bits per heavy atom. The number of rotatable bonds is 5. The SMILES string of the molecule is CCc1nc(CCNC(=O)C2CCCCC2(C)N)sc1C.Cl.Cl. The lowest BCUT2D eigenvalue weighted by molar-refractivity contribution is -0.128. The van der Waals surface area contributed by atoms with Crippen molar-refractivity contribution in [2.45, 2.75) is 64.8 Å². The lowest BCUT2D eigenvalue weighted by Gasteiger charge is -2.37. The number of aryl methyl sites for hydroxylation is 2. The lowest BCUT2D eigenvalue weighted by atomic mass is 9.74. The molecule has 2 unspecified atom stereocenters. The number of halogens is 2. The quantitative estimate of drug-likeness (QED) is 0.820. The van der Waals surface area contributed by atoms with Crippen LogP contribution in [0.15, 0.2) is 0 Å². The maximum atomic E-state index is 12.3. The summed E-state index contributed by atoms with van der Waals surface area (Å²) in [6.07, 6.45) is 5.88. The third-order valence-electron chi connectivity index (χ3n) is 4.48. The molecule has 0 bridgehead atoms. The van der Waals surface area contributed by atoms with Gasteiger partial charge in [-0.3, -0.25) is 4.79 Å². The number of nitrogens with zero attached hydrogens (tertiary/aromatic N) is 1. The molecular formula is C16H29Cl2N3OS. The van der Waals surface area contributed by atoms with E-state index in [4.69, 9.17) is 5.73 Å². The summed E-state index contributed by atoms with van der Waals surface area (Å²) in [5.74, 6) is 0.0687. The number of thiazole rings is 1. The summed E-state index contributed by atoms with van der Waals surface area (Å²) in [6.45, 7) is 6.90. The molecule has 0 spiro atoms. The van der Waals surface area contributed by atoms with Gasteiger partial charge in [-0.15, -0.1) is 36.2 Å². The Balaban J connectivity index is 0.00000242. The molecule has 7 heteroatoms. The van der Waals surface area contributed by atoms with Gasteiger partial charge in [0.25, 0.3) is 0 Å². The lowest BCUT2D eigenvalue weighted by Crippen LogP contribution is -2.53. The molecule has 1 aromatic rings. The van der Waals surface area contributed by atoms with E-state index in [0.717, 1.165) is 43.5 Å². The number of carbonyl (C=O) groups excluding carboxylic acids is 1. The second-order valence-corrected chi connectivity index (χ2v) is 7.60. The third-order valence-corrected chi connectivity index (χ3v) is 5.55. The number of nitrogens with two attached hydrogens (primary N) is 1. The summed E-state index contributed by atoms with van der Waals surface area (Å²) in [6, 6.07) is 0. The standard InChI is InChI=1S/C16H27N3OS.2ClH/c1-4-13-11(2)21-14(19-13)8-10-18-15(20)12-7-5-6-9-16(12,3)17;;/h12H,4-10,17H2,1-3H3,(H,18,20);2*1H. The van der Waals surface area contributed by atoms with Crippen molar-refractivity contribution >= 4 is 42.1 Å². The fraction of sp³-hybridized carbons (Fsp3) is 0.750. The molecule has 0 radical (unpaired) electrons. The van der Waals surface area contributed by atoms with Gasteiger partial charge in [-0.2, -0.15) is 0 Å². The van der Waals surface area contributed by atoms with Gasteiger partial charge in [-0.25, -0.2) is 4.98 Å². The second-order valence-electron chi connectivity index (χ2n) is 6.31. The highest BCUT2D eigenvalue weighted by Crippen LogP contribution is 2.31. The summed E-state index contributed by atoms with van der Waals surface area (Å²) < 4.78 is 0. The van der Waals surface area contributed by atoms with Gasteiger partial charge in [-0.1, -0.05) is 19.8 Å². The van der Waals surface area contributed by atoms with Crippen LogP contribution in [0.3, 0.4) is 0 Å². The van der Waals surface area contributed by atoms with Crippen molar-refractivity contribution in [3.63, 3.8) is 0 Å². The number of amides is 1. The predicted octanol–water partition coefficient (Wildman–Crippen LogP) is 3.42. The summed E-state index contributed by atoms with van der Waals surface area (Å²) in [7, 11) is 0. The minimum absolute atomic E-state index is 0.